The summed E-state index contributed by atoms with van der Waals surface area (Å²) in [5.74, 6) is -0.182. The summed E-state index contributed by atoms with van der Waals surface area (Å²) < 4.78 is 15.3. The lowest BCUT2D eigenvalue weighted by Gasteiger charge is -2.28. The normalized spacial score (nSPS) is 18.1. The van der Waals surface area contributed by atoms with E-state index in [9.17, 15) is 4.79 Å². The minimum absolute atomic E-state index is 0.182. The van der Waals surface area contributed by atoms with Crippen LogP contribution < -0.4 is 5.32 Å². The van der Waals surface area contributed by atoms with E-state index in [0.717, 1.165) is 38.7 Å². The smallest absolute Gasteiger partial charge is 0.325 e. The van der Waals surface area contributed by atoms with Gasteiger partial charge < -0.3 is 14.2 Å². The van der Waals surface area contributed by atoms with Gasteiger partial charge in [0, 0.05) is 33.0 Å². The molecule has 1 aliphatic carbocycles. The number of hydrogen-bond acceptors (Lipinski definition) is 5. The summed E-state index contributed by atoms with van der Waals surface area (Å²) in [6, 6.07) is 0.478. The van der Waals surface area contributed by atoms with E-state index in [1.807, 2.05) is 6.92 Å². The lowest BCUT2D eigenvalue weighted by Crippen LogP contribution is -2.51. The van der Waals surface area contributed by atoms with Crippen molar-refractivity contribution >= 4 is 5.97 Å². The Balaban J connectivity index is 2.19. The molecule has 1 N–H and O–H groups in total. The highest BCUT2D eigenvalue weighted by Crippen LogP contribution is 2.25. The van der Waals surface area contributed by atoms with Crippen LogP contribution >= 0.6 is 0 Å². The van der Waals surface area contributed by atoms with Crippen LogP contribution in [0.15, 0.2) is 0 Å². The number of carbonyl (C=O) groups is 1. The Hall–Kier alpha value is -0.650. The molecule has 0 aromatic carbocycles. The fourth-order valence-corrected chi connectivity index (χ4v) is 2.07. The zero-order chi connectivity index (χ0) is 14.1. The molecule has 0 aliphatic heterocycles. The number of carbonyl (C=O) groups excluding carboxylic acids is 1. The Morgan fingerprint density at radius 3 is 2.47 bits per heavy atom. The summed E-state index contributed by atoms with van der Waals surface area (Å²) in [5, 5.41) is 3.38. The number of nitrogens with one attached hydrogen (secondary N) is 1. The molecule has 0 amide bonds. The first-order valence-electron chi connectivity index (χ1n) is 7.05. The Bertz CT molecular complexity index is 268. The van der Waals surface area contributed by atoms with Crippen molar-refractivity contribution in [2.45, 2.75) is 50.6 Å². The first-order chi connectivity index (χ1) is 9.12. The standard InChI is InChI=1S/C14H27NO4/c1-14(13(16)18-3,15-12-6-7-12)8-4-10-19-11-5-9-17-2/h12,15H,4-11H2,1-3H3. The van der Waals surface area contributed by atoms with E-state index >= 15 is 0 Å². The van der Waals surface area contributed by atoms with Crippen LogP contribution in [0.1, 0.15) is 39.0 Å². The van der Waals surface area contributed by atoms with Crippen molar-refractivity contribution < 1.29 is 19.0 Å². The first kappa shape index (κ1) is 16.4. The second-order valence-corrected chi connectivity index (χ2v) is 5.30. The van der Waals surface area contributed by atoms with Gasteiger partial charge in [0.2, 0.25) is 0 Å². The number of esters is 1. The summed E-state index contributed by atoms with van der Waals surface area (Å²) in [6.45, 7) is 4.02. The van der Waals surface area contributed by atoms with Gasteiger partial charge in [0.25, 0.3) is 0 Å². The predicted octanol–water partition coefficient (Wildman–Crippen LogP) is 1.50. The third-order valence-corrected chi connectivity index (χ3v) is 3.34. The van der Waals surface area contributed by atoms with Gasteiger partial charge in [0.15, 0.2) is 0 Å². The molecule has 1 aliphatic rings. The van der Waals surface area contributed by atoms with Gasteiger partial charge in [-0.3, -0.25) is 10.1 Å². The SMILES string of the molecule is COCCCOCCCC(C)(NC1CC1)C(=O)OC. The zero-order valence-corrected chi connectivity index (χ0v) is 12.4. The number of rotatable bonds is 11. The van der Waals surface area contributed by atoms with E-state index in [1.165, 1.54) is 7.11 Å². The minimum atomic E-state index is -0.578. The molecule has 1 unspecified atom stereocenters. The van der Waals surface area contributed by atoms with E-state index < -0.39 is 5.54 Å². The van der Waals surface area contributed by atoms with Crippen LogP contribution in [0.25, 0.3) is 0 Å². The summed E-state index contributed by atoms with van der Waals surface area (Å²) in [5.41, 5.74) is -0.578. The molecular weight excluding hydrogens is 246 g/mol. The molecule has 0 saturated heterocycles. The molecule has 5 heteroatoms. The van der Waals surface area contributed by atoms with Crippen molar-refractivity contribution in [3.05, 3.63) is 0 Å². The van der Waals surface area contributed by atoms with E-state index in [-0.39, 0.29) is 5.97 Å². The van der Waals surface area contributed by atoms with E-state index in [4.69, 9.17) is 14.2 Å². The Kier molecular flexibility index (Phi) is 7.34. The van der Waals surface area contributed by atoms with Gasteiger partial charge in [-0.2, -0.15) is 0 Å². The van der Waals surface area contributed by atoms with Crippen molar-refractivity contribution in [1.29, 1.82) is 0 Å². The van der Waals surface area contributed by atoms with Gasteiger partial charge in [0.1, 0.15) is 5.54 Å². The minimum Gasteiger partial charge on any atom is -0.468 e. The van der Waals surface area contributed by atoms with Crippen LogP contribution in [0.2, 0.25) is 0 Å². The Morgan fingerprint density at radius 2 is 1.89 bits per heavy atom. The van der Waals surface area contributed by atoms with Gasteiger partial charge >= 0.3 is 5.97 Å². The largest absolute Gasteiger partial charge is 0.468 e. The fourth-order valence-electron chi connectivity index (χ4n) is 2.07. The molecule has 1 saturated carbocycles. The van der Waals surface area contributed by atoms with Crippen LogP contribution in [0.5, 0.6) is 0 Å². The average Bonchev–Trinajstić information content (AvgIpc) is 3.20. The highest BCUT2D eigenvalue weighted by molar-refractivity contribution is 5.80. The Labute approximate surface area is 116 Å². The molecule has 5 nitrogen and oxygen atoms in total. The lowest BCUT2D eigenvalue weighted by molar-refractivity contribution is -0.148. The molecule has 0 bridgehead atoms. The topological polar surface area (TPSA) is 56.8 Å². The first-order valence-corrected chi connectivity index (χ1v) is 7.05. The van der Waals surface area contributed by atoms with Crippen LogP contribution in [0.4, 0.5) is 0 Å². The molecule has 1 atom stereocenters. The van der Waals surface area contributed by atoms with Crippen LogP contribution in [-0.4, -0.2) is 51.6 Å². The summed E-state index contributed by atoms with van der Waals surface area (Å²) in [4.78, 5) is 11.9. The quantitative estimate of drug-likeness (QED) is 0.457. The molecule has 0 radical (unpaired) electrons. The average molecular weight is 273 g/mol. The zero-order valence-electron chi connectivity index (χ0n) is 12.4. The summed E-state index contributed by atoms with van der Waals surface area (Å²) in [6.07, 6.45) is 4.80. The van der Waals surface area contributed by atoms with Crippen molar-refractivity contribution in [2.75, 3.05) is 34.0 Å². The van der Waals surface area contributed by atoms with E-state index in [0.29, 0.717) is 19.3 Å². The van der Waals surface area contributed by atoms with Crippen molar-refractivity contribution in [3.63, 3.8) is 0 Å². The highest BCUT2D eigenvalue weighted by Gasteiger charge is 2.38. The van der Waals surface area contributed by atoms with Gasteiger partial charge in [-0.25, -0.2) is 0 Å². The molecule has 112 valence electrons. The molecule has 0 aromatic heterocycles. The van der Waals surface area contributed by atoms with Crippen molar-refractivity contribution in [1.82, 2.24) is 5.32 Å². The van der Waals surface area contributed by atoms with Crippen LogP contribution in [0.3, 0.4) is 0 Å². The van der Waals surface area contributed by atoms with Crippen LogP contribution in [0, 0.1) is 0 Å². The number of hydrogen-bond donors (Lipinski definition) is 1. The molecular formula is C14H27NO4. The second kappa shape index (κ2) is 8.51. The molecule has 1 rings (SSSR count). The maximum atomic E-state index is 11.9. The maximum Gasteiger partial charge on any atom is 0.325 e. The molecule has 0 aromatic rings. The van der Waals surface area contributed by atoms with Crippen molar-refractivity contribution in [3.8, 4) is 0 Å². The van der Waals surface area contributed by atoms with Crippen molar-refractivity contribution in [2.24, 2.45) is 0 Å². The van der Waals surface area contributed by atoms with Gasteiger partial charge in [0.05, 0.1) is 7.11 Å². The van der Waals surface area contributed by atoms with Gasteiger partial charge in [-0.1, -0.05) is 0 Å². The summed E-state index contributed by atoms with van der Waals surface area (Å²) >= 11 is 0. The summed E-state index contributed by atoms with van der Waals surface area (Å²) in [7, 11) is 3.13. The lowest BCUT2D eigenvalue weighted by atomic mass is 9.96. The highest BCUT2D eigenvalue weighted by atomic mass is 16.5. The third-order valence-electron chi connectivity index (χ3n) is 3.34. The molecule has 0 spiro atoms. The third kappa shape index (κ3) is 6.36. The predicted molar refractivity (Wildman–Crippen MR) is 73.1 cm³/mol. The molecule has 19 heavy (non-hydrogen) atoms. The van der Waals surface area contributed by atoms with Crippen LogP contribution in [-0.2, 0) is 19.0 Å². The Morgan fingerprint density at radius 1 is 1.21 bits per heavy atom. The molecule has 0 heterocycles. The maximum absolute atomic E-state index is 11.9. The van der Waals surface area contributed by atoms with E-state index in [1.54, 1.807) is 7.11 Å². The van der Waals surface area contributed by atoms with Gasteiger partial charge in [-0.05, 0) is 39.0 Å². The number of ether oxygens (including phenoxy) is 3. The number of methoxy groups -OCH3 is 2. The van der Waals surface area contributed by atoms with E-state index in [2.05, 4.69) is 5.32 Å². The monoisotopic (exact) mass is 273 g/mol. The van der Waals surface area contributed by atoms with Gasteiger partial charge in [-0.15, -0.1) is 0 Å². The fraction of sp³-hybridized carbons (Fsp3) is 0.929. The second-order valence-electron chi connectivity index (χ2n) is 5.30. The molecule has 1 fully saturated rings.